The summed E-state index contributed by atoms with van der Waals surface area (Å²) in [7, 11) is 0. The Hall–Kier alpha value is -2.78. The minimum absolute atomic E-state index is 0.0741. The molecule has 0 radical (unpaired) electrons. The molecule has 10 heteroatoms. The molecule has 7 nitrogen and oxygen atoms in total. The number of nitrogens with zero attached hydrogens (tertiary/aromatic N) is 1. The van der Waals surface area contributed by atoms with E-state index in [4.69, 9.17) is 5.11 Å². The molecular weight excluding hydrogens is 417 g/mol. The maximum atomic E-state index is 12.0. The Kier molecular flexibility index (Phi) is 8.70. The smallest absolute Gasteiger partial charge is 0.419 e. The number of amides is 3. The number of carboxylic acids is 1. The number of benzene rings is 1. The van der Waals surface area contributed by atoms with Crippen LogP contribution in [0.2, 0.25) is 0 Å². The second kappa shape index (κ2) is 11.0. The minimum Gasteiger partial charge on any atom is -0.481 e. The van der Waals surface area contributed by atoms with Gasteiger partial charge in [0.2, 0.25) is 0 Å². The van der Waals surface area contributed by atoms with Crippen LogP contribution in [0.1, 0.15) is 63.9 Å². The summed E-state index contributed by atoms with van der Waals surface area (Å²) in [4.78, 5) is 35.4. The summed E-state index contributed by atoms with van der Waals surface area (Å²) in [6, 6.07) is 3.07. The van der Waals surface area contributed by atoms with E-state index in [9.17, 15) is 27.6 Å². The molecule has 3 heterocycles. The average Bonchev–Trinajstić information content (AvgIpc) is 2.94. The number of halogens is 3. The van der Waals surface area contributed by atoms with Crippen LogP contribution in [0.15, 0.2) is 18.2 Å². The van der Waals surface area contributed by atoms with Crippen LogP contribution >= 0.6 is 0 Å². The van der Waals surface area contributed by atoms with Crippen molar-refractivity contribution in [3.8, 4) is 11.5 Å². The van der Waals surface area contributed by atoms with Crippen LogP contribution in [0.25, 0.3) is 0 Å². The first-order valence-electron chi connectivity index (χ1n) is 10.4. The molecule has 172 valence electrons. The van der Waals surface area contributed by atoms with Gasteiger partial charge in [0.05, 0.1) is 5.56 Å². The van der Waals surface area contributed by atoms with Crippen LogP contribution < -0.4 is 10.1 Å². The van der Waals surface area contributed by atoms with Crippen LogP contribution in [0.4, 0.5) is 18.0 Å². The molecule has 1 aromatic carbocycles. The highest BCUT2D eigenvalue weighted by molar-refractivity contribution is 6.04. The minimum atomic E-state index is -4.30. The van der Waals surface area contributed by atoms with Crippen molar-refractivity contribution in [2.75, 3.05) is 6.54 Å². The molecule has 1 fully saturated rings. The van der Waals surface area contributed by atoms with E-state index in [1.807, 2.05) is 6.92 Å². The van der Waals surface area contributed by atoms with Crippen molar-refractivity contribution in [1.29, 1.82) is 0 Å². The number of ether oxygens (including phenoxy) is 1. The van der Waals surface area contributed by atoms with Gasteiger partial charge in [-0.2, -0.15) is 13.2 Å². The Morgan fingerprint density at radius 3 is 2.35 bits per heavy atom. The molecule has 1 unspecified atom stereocenters. The maximum absolute atomic E-state index is 12.0. The molecule has 0 aromatic heterocycles. The average molecular weight is 444 g/mol. The Bertz CT molecular complexity index is 794. The second-order valence-corrected chi connectivity index (χ2v) is 7.46. The van der Waals surface area contributed by atoms with Gasteiger partial charge in [-0.05, 0) is 31.4 Å². The number of unbranched alkanes of at least 4 members (excludes halogenated alkanes) is 4. The molecule has 1 atom stereocenters. The van der Waals surface area contributed by atoms with E-state index < -0.39 is 17.7 Å². The summed E-state index contributed by atoms with van der Waals surface area (Å²) in [5, 5.41) is 10.9. The molecule has 3 aliphatic heterocycles. The van der Waals surface area contributed by atoms with Gasteiger partial charge in [0.15, 0.2) is 0 Å². The lowest BCUT2D eigenvalue weighted by molar-refractivity contribution is -0.139. The molecule has 31 heavy (non-hydrogen) atoms. The second-order valence-electron chi connectivity index (χ2n) is 7.46. The molecule has 0 saturated carbocycles. The molecule has 3 aliphatic rings. The van der Waals surface area contributed by atoms with Gasteiger partial charge < -0.3 is 14.7 Å². The van der Waals surface area contributed by atoms with Crippen molar-refractivity contribution < 1.29 is 37.4 Å². The zero-order valence-electron chi connectivity index (χ0n) is 17.3. The first kappa shape index (κ1) is 24.5. The number of nitrogens with one attached hydrogen (secondary N) is 1. The van der Waals surface area contributed by atoms with E-state index in [-0.39, 0.29) is 30.2 Å². The number of hydrogen-bond donors (Lipinski definition) is 2. The van der Waals surface area contributed by atoms with E-state index in [1.54, 1.807) is 4.90 Å². The normalized spacial score (nSPS) is 16.8. The number of carbonyl (C=O) groups excluding carboxylic acids is 2. The molecule has 4 rings (SSSR count). The van der Waals surface area contributed by atoms with Crippen molar-refractivity contribution in [2.45, 2.75) is 70.5 Å². The number of rotatable bonds is 10. The van der Waals surface area contributed by atoms with Gasteiger partial charge >= 0.3 is 18.2 Å². The van der Waals surface area contributed by atoms with Crippen LogP contribution in [-0.4, -0.2) is 40.5 Å². The molecular formula is C21H27F3N2O5. The highest BCUT2D eigenvalue weighted by atomic mass is 19.4. The maximum Gasteiger partial charge on any atom is 0.419 e. The van der Waals surface area contributed by atoms with E-state index in [2.05, 4.69) is 10.1 Å². The molecule has 3 amide bonds. The monoisotopic (exact) mass is 444 g/mol. The number of hydrogen-bond acceptors (Lipinski definition) is 4. The fourth-order valence-corrected chi connectivity index (χ4v) is 3.34. The first-order valence-corrected chi connectivity index (χ1v) is 10.4. The summed E-state index contributed by atoms with van der Waals surface area (Å²) < 4.78 is 40.6. The fraction of sp³-hybridized carbons (Fsp3) is 0.571. The topological polar surface area (TPSA) is 95.9 Å². The third-order valence-electron chi connectivity index (χ3n) is 5.03. The number of fused-ring (bicyclic) bond motifs is 2. The summed E-state index contributed by atoms with van der Waals surface area (Å²) in [5.74, 6) is -0.545. The third-order valence-corrected chi connectivity index (χ3v) is 5.03. The summed E-state index contributed by atoms with van der Waals surface area (Å²) in [6.07, 6.45) is 1.71. The summed E-state index contributed by atoms with van der Waals surface area (Å²) >= 11 is 0. The third kappa shape index (κ3) is 7.15. The number of aliphatic carboxylic acids is 1. The molecule has 1 saturated heterocycles. The molecule has 1 aromatic rings. The van der Waals surface area contributed by atoms with Crippen molar-refractivity contribution in [3.05, 3.63) is 23.8 Å². The molecule has 2 bridgehead atoms. The molecule has 2 N–H and O–H groups in total. The van der Waals surface area contributed by atoms with Crippen LogP contribution in [-0.2, 0) is 15.8 Å². The highest BCUT2D eigenvalue weighted by Crippen LogP contribution is 2.45. The van der Waals surface area contributed by atoms with Crippen LogP contribution in [0, 0.1) is 0 Å². The van der Waals surface area contributed by atoms with Crippen LogP contribution in [0.3, 0.4) is 0 Å². The van der Waals surface area contributed by atoms with Gasteiger partial charge in [-0.1, -0.05) is 32.6 Å². The number of imide groups is 1. The lowest BCUT2D eigenvalue weighted by Crippen LogP contribution is -2.35. The van der Waals surface area contributed by atoms with Gasteiger partial charge in [-0.3, -0.25) is 14.9 Å². The lowest BCUT2D eigenvalue weighted by atomic mass is 10.1. The van der Waals surface area contributed by atoms with E-state index in [1.165, 1.54) is 12.1 Å². The SMILES string of the molecule is CCCCN1C(=O)NC(=O)C1CCCCCCC(=O)O.FC(F)(F)c1ccc2cc1O2. The quantitative estimate of drug-likeness (QED) is 0.400. The van der Waals surface area contributed by atoms with E-state index in [0.29, 0.717) is 25.1 Å². The number of carboxylic acid groups (broad SMARTS) is 1. The Balaban J connectivity index is 0.000000258. The van der Waals surface area contributed by atoms with Crippen molar-refractivity contribution in [3.63, 3.8) is 0 Å². The van der Waals surface area contributed by atoms with Gasteiger partial charge in [-0.15, -0.1) is 0 Å². The van der Waals surface area contributed by atoms with Gasteiger partial charge in [0, 0.05) is 19.0 Å². The van der Waals surface area contributed by atoms with Crippen molar-refractivity contribution in [1.82, 2.24) is 10.2 Å². The largest absolute Gasteiger partial charge is 0.481 e. The van der Waals surface area contributed by atoms with E-state index in [0.717, 1.165) is 38.2 Å². The zero-order valence-corrected chi connectivity index (χ0v) is 17.3. The Morgan fingerprint density at radius 2 is 1.84 bits per heavy atom. The Labute approximate surface area is 178 Å². The lowest BCUT2D eigenvalue weighted by Gasteiger charge is -2.21. The van der Waals surface area contributed by atoms with Crippen molar-refractivity contribution >= 4 is 17.9 Å². The highest BCUT2D eigenvalue weighted by Gasteiger charge is 2.37. The van der Waals surface area contributed by atoms with E-state index >= 15 is 0 Å². The fourth-order valence-electron chi connectivity index (χ4n) is 3.34. The zero-order chi connectivity index (χ0) is 23.0. The molecule has 0 spiro atoms. The summed E-state index contributed by atoms with van der Waals surface area (Å²) in [5.41, 5.74) is -0.701. The first-order chi connectivity index (χ1) is 14.6. The molecule has 0 aliphatic carbocycles. The predicted molar refractivity (Wildman–Crippen MR) is 106 cm³/mol. The standard InChI is InChI=1S/C14H24N2O4.C7H3F3O/c1-2-3-10-16-11(13(19)15-14(16)20)8-6-4-5-7-9-12(17)18;8-7(9,10)5-2-1-4-3-6(5)11-4/h11H,2-10H2,1H3,(H,17,18)(H,15,19,20);1-3H. The number of carbonyl (C=O) groups is 3. The van der Waals surface area contributed by atoms with Crippen molar-refractivity contribution in [2.24, 2.45) is 0 Å². The summed E-state index contributed by atoms with van der Waals surface area (Å²) in [6.45, 7) is 2.67. The predicted octanol–water partition coefficient (Wildman–Crippen LogP) is 4.94. The van der Waals surface area contributed by atoms with Crippen LogP contribution in [0.5, 0.6) is 11.5 Å². The van der Waals surface area contributed by atoms with Gasteiger partial charge in [-0.25, -0.2) is 4.79 Å². The number of alkyl halides is 3. The van der Waals surface area contributed by atoms with Gasteiger partial charge in [0.25, 0.3) is 5.91 Å². The number of urea groups is 1. The Morgan fingerprint density at radius 1 is 1.16 bits per heavy atom. The van der Waals surface area contributed by atoms with Gasteiger partial charge in [0.1, 0.15) is 17.5 Å².